The fourth-order valence-electron chi connectivity index (χ4n) is 1.16. The minimum absolute atomic E-state index is 0.484. The minimum atomic E-state index is -1.93. The molecule has 0 aliphatic rings. The van der Waals surface area contributed by atoms with E-state index in [9.17, 15) is 4.57 Å². The summed E-state index contributed by atoms with van der Waals surface area (Å²) in [6.07, 6.45) is 5.76. The molecule has 0 bridgehead atoms. The zero-order chi connectivity index (χ0) is 12.1. The van der Waals surface area contributed by atoms with Crippen LogP contribution < -0.4 is 11.5 Å². The molecule has 0 saturated heterocycles. The molecule has 5 nitrogen and oxygen atoms in total. The first-order valence-corrected chi connectivity index (χ1v) is 7.04. The van der Waals surface area contributed by atoms with E-state index < -0.39 is 8.25 Å². The predicted octanol–water partition coefficient (Wildman–Crippen LogP) is 1.94. The molecule has 0 radical (unpaired) electrons. The van der Waals surface area contributed by atoms with Crippen molar-refractivity contribution in [2.24, 2.45) is 11.5 Å². The maximum Gasteiger partial charge on any atom is 0.697 e. The summed E-state index contributed by atoms with van der Waals surface area (Å²) in [6, 6.07) is 0. The highest BCUT2D eigenvalue weighted by Crippen LogP contribution is 2.24. The molecule has 0 rings (SSSR count). The van der Waals surface area contributed by atoms with Crippen LogP contribution in [0, 0.1) is 0 Å². The van der Waals surface area contributed by atoms with Gasteiger partial charge in [0, 0.05) is 4.57 Å². The fourth-order valence-corrected chi connectivity index (χ4v) is 1.79. The topological polar surface area (TPSA) is 87.6 Å². The molecule has 0 spiro atoms. The van der Waals surface area contributed by atoms with Crippen LogP contribution in [0.15, 0.2) is 0 Å². The maximum absolute atomic E-state index is 11.2. The quantitative estimate of drug-likeness (QED) is 0.409. The van der Waals surface area contributed by atoms with Crippen molar-refractivity contribution in [3.63, 3.8) is 0 Å². The molecular formula is C10H24N2O3P+. The Morgan fingerprint density at radius 1 is 0.750 bits per heavy atom. The number of nitrogens with two attached hydrogens (primary N) is 2. The lowest BCUT2D eigenvalue weighted by atomic mass is 10.2. The molecule has 0 amide bonds. The zero-order valence-electron chi connectivity index (χ0n) is 9.90. The van der Waals surface area contributed by atoms with Crippen molar-refractivity contribution < 1.29 is 13.6 Å². The van der Waals surface area contributed by atoms with Gasteiger partial charge in [0.1, 0.15) is 13.2 Å². The van der Waals surface area contributed by atoms with Crippen LogP contribution in [0.4, 0.5) is 0 Å². The van der Waals surface area contributed by atoms with E-state index in [4.69, 9.17) is 20.5 Å². The van der Waals surface area contributed by atoms with Gasteiger partial charge in [-0.1, -0.05) is 0 Å². The van der Waals surface area contributed by atoms with Crippen LogP contribution in [-0.4, -0.2) is 26.3 Å². The Balaban J connectivity index is 3.12. The highest BCUT2D eigenvalue weighted by Gasteiger charge is 2.18. The molecule has 0 aromatic heterocycles. The summed E-state index contributed by atoms with van der Waals surface area (Å²) in [5.74, 6) is 0. The standard InChI is InChI=1S/C10H24N2O3P/c11-7-3-1-5-9-14-16(13)15-10-6-2-4-8-12/h1-12H2/q+1. The van der Waals surface area contributed by atoms with Crippen molar-refractivity contribution in [3.05, 3.63) is 0 Å². The molecule has 0 heterocycles. The average molecular weight is 251 g/mol. The van der Waals surface area contributed by atoms with Gasteiger partial charge in [0.05, 0.1) is 0 Å². The van der Waals surface area contributed by atoms with Gasteiger partial charge in [0.15, 0.2) is 0 Å². The van der Waals surface area contributed by atoms with Gasteiger partial charge in [-0.25, -0.2) is 0 Å². The van der Waals surface area contributed by atoms with Crippen LogP contribution in [0.3, 0.4) is 0 Å². The molecule has 16 heavy (non-hydrogen) atoms. The van der Waals surface area contributed by atoms with E-state index in [2.05, 4.69) is 0 Å². The SMILES string of the molecule is NCCCCCO[P+](=O)OCCCCCN. The molecule has 0 aromatic carbocycles. The maximum atomic E-state index is 11.2. The summed E-state index contributed by atoms with van der Waals surface area (Å²) in [4.78, 5) is 0. The summed E-state index contributed by atoms with van der Waals surface area (Å²) >= 11 is 0. The van der Waals surface area contributed by atoms with E-state index in [0.717, 1.165) is 38.5 Å². The molecule has 96 valence electrons. The van der Waals surface area contributed by atoms with Crippen molar-refractivity contribution in [1.82, 2.24) is 0 Å². The number of rotatable bonds is 12. The molecule has 0 aliphatic carbocycles. The minimum Gasteiger partial charge on any atom is -0.330 e. The zero-order valence-corrected chi connectivity index (χ0v) is 10.8. The molecule has 0 aromatic rings. The normalized spacial score (nSPS) is 10.6. The Labute approximate surface area is 98.8 Å². The Morgan fingerprint density at radius 2 is 1.19 bits per heavy atom. The van der Waals surface area contributed by atoms with E-state index >= 15 is 0 Å². The van der Waals surface area contributed by atoms with Gasteiger partial charge >= 0.3 is 8.25 Å². The van der Waals surface area contributed by atoms with Crippen LogP contribution in [0.2, 0.25) is 0 Å². The Morgan fingerprint density at radius 3 is 1.56 bits per heavy atom. The van der Waals surface area contributed by atoms with Gasteiger partial charge in [0.2, 0.25) is 0 Å². The first kappa shape index (κ1) is 15.9. The third-order valence-electron chi connectivity index (χ3n) is 2.09. The van der Waals surface area contributed by atoms with E-state index in [-0.39, 0.29) is 0 Å². The van der Waals surface area contributed by atoms with Crippen LogP contribution in [-0.2, 0) is 13.6 Å². The molecule has 4 N–H and O–H groups in total. The van der Waals surface area contributed by atoms with Crippen molar-refractivity contribution >= 4 is 8.25 Å². The van der Waals surface area contributed by atoms with Gasteiger partial charge in [-0.3, -0.25) is 0 Å². The summed E-state index contributed by atoms with van der Waals surface area (Å²) in [5.41, 5.74) is 10.7. The number of unbranched alkanes of at least 4 members (excludes halogenated alkanes) is 4. The molecule has 0 unspecified atom stereocenters. The monoisotopic (exact) mass is 251 g/mol. The molecular weight excluding hydrogens is 227 g/mol. The summed E-state index contributed by atoms with van der Waals surface area (Å²) < 4.78 is 21.2. The van der Waals surface area contributed by atoms with Gasteiger partial charge in [-0.2, -0.15) is 0 Å². The first-order chi connectivity index (χ1) is 7.81. The van der Waals surface area contributed by atoms with Crippen LogP contribution in [0.1, 0.15) is 38.5 Å². The van der Waals surface area contributed by atoms with Gasteiger partial charge in [-0.15, -0.1) is 9.05 Å². The van der Waals surface area contributed by atoms with Crippen LogP contribution >= 0.6 is 8.25 Å². The summed E-state index contributed by atoms with van der Waals surface area (Å²) in [5, 5.41) is 0. The second kappa shape index (κ2) is 13.0. The number of hydrogen-bond donors (Lipinski definition) is 2. The van der Waals surface area contributed by atoms with E-state index in [1.165, 1.54) is 0 Å². The molecule has 0 fully saturated rings. The van der Waals surface area contributed by atoms with Crippen molar-refractivity contribution in [2.75, 3.05) is 26.3 Å². The Bertz CT molecular complexity index is 154. The van der Waals surface area contributed by atoms with Crippen molar-refractivity contribution in [2.45, 2.75) is 38.5 Å². The molecule has 0 atom stereocenters. The highest BCUT2D eigenvalue weighted by molar-refractivity contribution is 7.33. The van der Waals surface area contributed by atoms with Gasteiger partial charge in [-0.05, 0) is 51.6 Å². The molecule has 0 aliphatic heterocycles. The highest BCUT2D eigenvalue weighted by atomic mass is 31.1. The van der Waals surface area contributed by atoms with Crippen molar-refractivity contribution in [1.29, 1.82) is 0 Å². The van der Waals surface area contributed by atoms with Gasteiger partial charge in [0.25, 0.3) is 0 Å². The first-order valence-electron chi connectivity index (χ1n) is 5.94. The lowest BCUT2D eigenvalue weighted by molar-refractivity contribution is 0.219. The van der Waals surface area contributed by atoms with E-state index in [1.54, 1.807) is 0 Å². The third kappa shape index (κ3) is 12.0. The number of hydrogen-bond acceptors (Lipinski definition) is 5. The van der Waals surface area contributed by atoms with Crippen LogP contribution in [0.25, 0.3) is 0 Å². The third-order valence-corrected chi connectivity index (χ3v) is 2.88. The second-order valence-electron chi connectivity index (χ2n) is 3.59. The van der Waals surface area contributed by atoms with Crippen LogP contribution in [0.5, 0.6) is 0 Å². The predicted molar refractivity (Wildman–Crippen MR) is 65.3 cm³/mol. The summed E-state index contributed by atoms with van der Waals surface area (Å²) in [7, 11) is -1.93. The smallest absolute Gasteiger partial charge is 0.330 e. The Hall–Kier alpha value is -0.0600. The Kier molecular flexibility index (Phi) is 13.0. The van der Waals surface area contributed by atoms with E-state index in [1.807, 2.05) is 0 Å². The molecule has 0 saturated carbocycles. The lowest BCUT2D eigenvalue weighted by Crippen LogP contribution is -1.99. The average Bonchev–Trinajstić information content (AvgIpc) is 2.28. The van der Waals surface area contributed by atoms with Gasteiger partial charge < -0.3 is 11.5 Å². The second-order valence-corrected chi connectivity index (χ2v) is 4.55. The summed E-state index contributed by atoms with van der Waals surface area (Å²) in [6.45, 7) is 2.36. The lowest BCUT2D eigenvalue weighted by Gasteiger charge is -1.95. The van der Waals surface area contributed by atoms with E-state index in [0.29, 0.717) is 26.3 Å². The largest absolute Gasteiger partial charge is 0.697 e. The van der Waals surface area contributed by atoms with Crippen molar-refractivity contribution in [3.8, 4) is 0 Å². The fraction of sp³-hybridized carbons (Fsp3) is 1.00. The molecule has 6 heteroatoms.